The van der Waals surface area contributed by atoms with Gasteiger partial charge in [0.1, 0.15) is 6.04 Å². The van der Waals surface area contributed by atoms with Crippen LogP contribution >= 0.6 is 0 Å². The molecule has 0 aromatic heterocycles. The van der Waals surface area contributed by atoms with Crippen LogP contribution in [0.4, 0.5) is 5.69 Å². The number of carbonyl (C=O) groups is 3. The molecule has 0 saturated carbocycles. The molecular formula is C25H30N4O5S. The molecule has 10 heteroatoms. The highest BCUT2D eigenvalue weighted by atomic mass is 32.2. The molecule has 2 atom stereocenters. The third-order valence-corrected chi connectivity index (χ3v) is 8.89. The molecule has 0 spiro atoms. The smallest absolute Gasteiger partial charge is 0.243 e. The van der Waals surface area contributed by atoms with Gasteiger partial charge in [0.05, 0.1) is 10.8 Å². The van der Waals surface area contributed by atoms with E-state index in [9.17, 15) is 22.8 Å². The number of amides is 3. The van der Waals surface area contributed by atoms with E-state index in [1.165, 1.54) is 26.2 Å². The summed E-state index contributed by atoms with van der Waals surface area (Å²) in [7, 11) is -3.61. The Balaban J connectivity index is 1.52. The zero-order valence-corrected chi connectivity index (χ0v) is 20.7. The average Bonchev–Trinajstić information content (AvgIpc) is 3.24. The number of primary amides is 1. The van der Waals surface area contributed by atoms with Gasteiger partial charge in [-0.3, -0.25) is 14.4 Å². The maximum absolute atomic E-state index is 13.4. The van der Waals surface area contributed by atoms with Crippen molar-refractivity contribution < 1.29 is 22.8 Å². The first kappa shape index (κ1) is 24.9. The first-order chi connectivity index (χ1) is 16.7. The molecular weight excluding hydrogens is 468 g/mol. The lowest BCUT2D eigenvalue weighted by Crippen LogP contribution is -2.53. The lowest BCUT2D eigenvalue weighted by molar-refractivity contribution is -0.143. The number of hydrogen-bond acceptors (Lipinski definition) is 5. The first-order valence-corrected chi connectivity index (χ1v) is 13.2. The third kappa shape index (κ3) is 4.68. The molecule has 1 fully saturated rings. The molecule has 186 valence electrons. The van der Waals surface area contributed by atoms with E-state index in [0.29, 0.717) is 25.2 Å². The first-order valence-electron chi connectivity index (χ1n) is 11.7. The van der Waals surface area contributed by atoms with Crippen LogP contribution in [0.1, 0.15) is 31.4 Å². The van der Waals surface area contributed by atoms with Gasteiger partial charge in [-0.15, -0.1) is 0 Å². The molecule has 0 bridgehead atoms. The molecule has 2 aliphatic rings. The predicted octanol–water partition coefficient (Wildman–Crippen LogP) is 1.51. The Hall–Kier alpha value is -3.24. The zero-order valence-electron chi connectivity index (χ0n) is 19.9. The van der Waals surface area contributed by atoms with Crippen LogP contribution in [-0.2, 0) is 37.4 Å². The Morgan fingerprint density at radius 3 is 2.23 bits per heavy atom. The Bertz CT molecular complexity index is 1240. The Kier molecular flexibility index (Phi) is 6.95. The molecule has 0 unspecified atom stereocenters. The minimum atomic E-state index is -3.61. The number of benzene rings is 2. The molecule has 3 amide bonds. The summed E-state index contributed by atoms with van der Waals surface area (Å²) >= 11 is 0. The lowest BCUT2D eigenvalue weighted by atomic mass is 9.92. The Morgan fingerprint density at radius 1 is 1.00 bits per heavy atom. The fraction of sp³-hybridized carbons (Fsp3) is 0.400. The minimum Gasteiger partial charge on any atom is -0.368 e. The maximum Gasteiger partial charge on any atom is 0.243 e. The Labute approximate surface area is 205 Å². The van der Waals surface area contributed by atoms with E-state index in [4.69, 9.17) is 5.73 Å². The van der Waals surface area contributed by atoms with Crippen LogP contribution in [0.15, 0.2) is 53.4 Å². The van der Waals surface area contributed by atoms with E-state index < -0.39 is 27.9 Å². The van der Waals surface area contributed by atoms with Crippen LogP contribution in [0.25, 0.3) is 0 Å². The summed E-state index contributed by atoms with van der Waals surface area (Å²) in [6, 6.07) is 13.0. The van der Waals surface area contributed by atoms with Gasteiger partial charge in [-0.1, -0.05) is 38.1 Å². The van der Waals surface area contributed by atoms with E-state index in [-0.39, 0.29) is 36.2 Å². The van der Waals surface area contributed by atoms with Gasteiger partial charge in [-0.25, -0.2) is 8.42 Å². The van der Waals surface area contributed by atoms with Crippen LogP contribution in [0.3, 0.4) is 0 Å². The van der Waals surface area contributed by atoms with Crippen molar-refractivity contribution in [1.82, 2.24) is 9.21 Å². The predicted molar refractivity (Wildman–Crippen MR) is 131 cm³/mol. The van der Waals surface area contributed by atoms with Crippen molar-refractivity contribution in [2.24, 2.45) is 11.7 Å². The van der Waals surface area contributed by atoms with Gasteiger partial charge in [-0.05, 0) is 35.4 Å². The number of rotatable bonds is 7. The number of fused-ring (bicyclic) bond motifs is 1. The molecule has 0 radical (unpaired) electrons. The summed E-state index contributed by atoms with van der Waals surface area (Å²) in [6.45, 7) is 4.71. The fourth-order valence-corrected chi connectivity index (χ4v) is 6.33. The van der Waals surface area contributed by atoms with Gasteiger partial charge < -0.3 is 15.5 Å². The number of sulfonamides is 1. The van der Waals surface area contributed by atoms with E-state index in [0.717, 1.165) is 11.1 Å². The molecule has 35 heavy (non-hydrogen) atoms. The van der Waals surface area contributed by atoms with E-state index >= 15 is 0 Å². The number of hydrogen-bond donors (Lipinski definition) is 1. The van der Waals surface area contributed by atoms with Crippen molar-refractivity contribution in [3.63, 3.8) is 0 Å². The highest BCUT2D eigenvalue weighted by Crippen LogP contribution is 2.31. The summed E-state index contributed by atoms with van der Waals surface area (Å²) in [5, 5.41) is 0. The van der Waals surface area contributed by atoms with Crippen LogP contribution in [0.2, 0.25) is 0 Å². The van der Waals surface area contributed by atoms with Crippen LogP contribution in [0.5, 0.6) is 0 Å². The van der Waals surface area contributed by atoms with Crippen molar-refractivity contribution >= 4 is 33.4 Å². The molecule has 1 saturated heterocycles. The van der Waals surface area contributed by atoms with Crippen molar-refractivity contribution in [1.29, 1.82) is 0 Å². The molecule has 2 heterocycles. The molecule has 2 aliphatic heterocycles. The molecule has 2 N–H and O–H groups in total. The van der Waals surface area contributed by atoms with Gasteiger partial charge >= 0.3 is 0 Å². The van der Waals surface area contributed by atoms with Gasteiger partial charge in [0.15, 0.2) is 0 Å². The number of anilines is 1. The average molecular weight is 499 g/mol. The standard InChI is InChI=1S/C25H30N4O5S/c1-3-27(4-2)35(33,34)21-11-9-20(10-12-21)28-16-19(14-23(28)30)25(32)29-15-18-8-6-5-7-17(18)13-22(29)24(26)31/h5-12,19,22H,3-4,13-16H2,1-2H3,(H2,26,31)/t19-,22+/m0/s1. The quantitative estimate of drug-likeness (QED) is 0.620. The number of nitrogens with two attached hydrogens (primary N) is 1. The molecule has 9 nitrogen and oxygen atoms in total. The van der Waals surface area contributed by atoms with Crippen molar-refractivity contribution in [2.45, 2.75) is 44.2 Å². The van der Waals surface area contributed by atoms with E-state index in [1.807, 2.05) is 24.3 Å². The third-order valence-electron chi connectivity index (χ3n) is 6.83. The van der Waals surface area contributed by atoms with Crippen LogP contribution in [0, 0.1) is 5.92 Å². The molecule has 2 aromatic carbocycles. The van der Waals surface area contributed by atoms with Crippen LogP contribution in [-0.4, -0.2) is 61.0 Å². The maximum atomic E-state index is 13.4. The summed E-state index contributed by atoms with van der Waals surface area (Å²) in [5.41, 5.74) is 8.10. The zero-order chi connectivity index (χ0) is 25.3. The lowest BCUT2D eigenvalue weighted by Gasteiger charge is -2.36. The normalized spacial score (nSPS) is 20.3. The van der Waals surface area contributed by atoms with Gasteiger partial charge in [0.25, 0.3) is 0 Å². The molecule has 4 rings (SSSR count). The molecule has 2 aromatic rings. The van der Waals surface area contributed by atoms with Gasteiger partial charge in [0.2, 0.25) is 27.7 Å². The second-order valence-corrected chi connectivity index (χ2v) is 10.8. The Morgan fingerprint density at radius 2 is 1.63 bits per heavy atom. The second-order valence-electron chi connectivity index (χ2n) is 8.85. The molecule has 0 aliphatic carbocycles. The highest BCUT2D eigenvalue weighted by Gasteiger charge is 2.41. The van der Waals surface area contributed by atoms with E-state index in [2.05, 4.69) is 0 Å². The summed E-state index contributed by atoms with van der Waals surface area (Å²) in [5.74, 6) is -1.69. The van der Waals surface area contributed by atoms with Crippen molar-refractivity contribution in [2.75, 3.05) is 24.5 Å². The summed E-state index contributed by atoms with van der Waals surface area (Å²) in [4.78, 5) is 41.5. The second kappa shape index (κ2) is 9.79. The van der Waals surface area contributed by atoms with Gasteiger partial charge in [-0.2, -0.15) is 4.31 Å². The fourth-order valence-electron chi connectivity index (χ4n) is 4.88. The van der Waals surface area contributed by atoms with Crippen molar-refractivity contribution in [3.05, 3.63) is 59.7 Å². The van der Waals surface area contributed by atoms with E-state index in [1.54, 1.807) is 26.0 Å². The summed E-state index contributed by atoms with van der Waals surface area (Å²) < 4.78 is 26.8. The number of carbonyl (C=O) groups excluding carboxylic acids is 3. The minimum absolute atomic E-state index is 0.0158. The highest BCUT2D eigenvalue weighted by molar-refractivity contribution is 7.89. The largest absolute Gasteiger partial charge is 0.368 e. The van der Waals surface area contributed by atoms with Crippen LogP contribution < -0.4 is 10.6 Å². The number of nitrogens with zero attached hydrogens (tertiary/aromatic N) is 3. The SMILES string of the molecule is CCN(CC)S(=O)(=O)c1ccc(N2C[C@@H](C(=O)N3Cc4ccccc4C[C@@H]3C(N)=O)CC2=O)cc1. The van der Waals surface area contributed by atoms with Crippen molar-refractivity contribution in [3.8, 4) is 0 Å². The monoisotopic (exact) mass is 498 g/mol. The van der Waals surface area contributed by atoms with Gasteiger partial charge in [0, 0.05) is 44.7 Å². The topological polar surface area (TPSA) is 121 Å². The summed E-state index contributed by atoms with van der Waals surface area (Å²) in [6.07, 6.45) is 0.367.